The molecule has 0 saturated carbocycles. The molecule has 2 heterocycles. The van der Waals surface area contributed by atoms with Crippen molar-refractivity contribution in [1.29, 1.82) is 0 Å². The van der Waals surface area contributed by atoms with E-state index in [2.05, 4.69) is 15.5 Å². The summed E-state index contributed by atoms with van der Waals surface area (Å²) in [5.41, 5.74) is 1.62. The Morgan fingerprint density at radius 1 is 1.41 bits per heavy atom. The van der Waals surface area contributed by atoms with E-state index in [1.165, 1.54) is 29.1 Å². The van der Waals surface area contributed by atoms with E-state index in [4.69, 9.17) is 11.6 Å². The number of benzene rings is 1. The fourth-order valence-electron chi connectivity index (χ4n) is 2.42. The van der Waals surface area contributed by atoms with Gasteiger partial charge in [-0.05, 0) is 29.5 Å². The molecule has 0 aliphatic carbocycles. The van der Waals surface area contributed by atoms with E-state index in [1.54, 1.807) is 23.9 Å². The molecular formula is C16H14ClFN6O3. The second-order valence-corrected chi connectivity index (χ2v) is 6.18. The molecule has 1 amide bonds. The summed E-state index contributed by atoms with van der Waals surface area (Å²) >= 11 is 5.99. The van der Waals surface area contributed by atoms with Gasteiger partial charge in [0.15, 0.2) is 0 Å². The molecule has 140 valence electrons. The third kappa shape index (κ3) is 4.47. The van der Waals surface area contributed by atoms with Crippen LogP contribution < -0.4 is 5.32 Å². The summed E-state index contributed by atoms with van der Waals surface area (Å²) in [6, 6.07) is 5.37. The molecule has 9 nitrogen and oxygen atoms in total. The van der Waals surface area contributed by atoms with Gasteiger partial charge in [-0.3, -0.25) is 9.48 Å². The van der Waals surface area contributed by atoms with Crippen molar-refractivity contribution in [3.63, 3.8) is 0 Å². The zero-order valence-electron chi connectivity index (χ0n) is 14.1. The third-order valence-electron chi connectivity index (χ3n) is 3.71. The van der Waals surface area contributed by atoms with Crippen LogP contribution in [0.4, 0.5) is 15.9 Å². The Morgan fingerprint density at radius 2 is 2.19 bits per heavy atom. The number of aromatic nitrogens is 4. The molecule has 0 fully saturated rings. The summed E-state index contributed by atoms with van der Waals surface area (Å²) < 4.78 is 15.9. The molecule has 0 atom stereocenters. The smallest absolute Gasteiger partial charge is 0.358 e. The molecule has 0 radical (unpaired) electrons. The number of nitrogens with one attached hydrogen (secondary N) is 1. The lowest BCUT2D eigenvalue weighted by molar-refractivity contribution is -0.389. The maximum atomic E-state index is 13.1. The second-order valence-electron chi connectivity index (χ2n) is 5.77. The Morgan fingerprint density at radius 3 is 2.85 bits per heavy atom. The number of rotatable bonds is 6. The highest BCUT2D eigenvalue weighted by atomic mass is 35.5. The lowest BCUT2D eigenvalue weighted by Gasteiger charge is -2.05. The lowest BCUT2D eigenvalue weighted by Crippen LogP contribution is -2.20. The second kappa shape index (κ2) is 7.54. The summed E-state index contributed by atoms with van der Waals surface area (Å²) in [6.45, 7) is 1.76. The Kier molecular flexibility index (Phi) is 5.17. The van der Waals surface area contributed by atoms with Crippen LogP contribution in [0.15, 0.2) is 36.7 Å². The minimum Gasteiger partial charge on any atom is -0.358 e. The molecule has 1 N–H and O–H groups in total. The van der Waals surface area contributed by atoms with E-state index < -0.39 is 16.6 Å². The number of carbonyl (C=O) groups excluding carboxylic acids is 1. The number of anilines is 1. The molecule has 0 saturated heterocycles. The SMILES string of the molecule is Cc1cc([N+](=O)[O-])nn1CC(=O)Nc1cnn(Cc2ccc(F)cc2Cl)c1. The predicted octanol–water partition coefficient (Wildman–Crippen LogP) is 2.78. The first-order valence-electron chi connectivity index (χ1n) is 7.77. The molecule has 0 aliphatic rings. The van der Waals surface area contributed by atoms with Crippen molar-refractivity contribution in [2.24, 2.45) is 0 Å². The highest BCUT2D eigenvalue weighted by Gasteiger charge is 2.17. The van der Waals surface area contributed by atoms with E-state index in [0.717, 1.165) is 0 Å². The average molecular weight is 393 g/mol. The zero-order valence-corrected chi connectivity index (χ0v) is 14.9. The topological polar surface area (TPSA) is 108 Å². The summed E-state index contributed by atoms with van der Waals surface area (Å²) in [5.74, 6) is -1.15. The Hall–Kier alpha value is -3.27. The molecule has 27 heavy (non-hydrogen) atoms. The fraction of sp³-hybridized carbons (Fsp3) is 0.188. The van der Waals surface area contributed by atoms with Crippen LogP contribution in [0.5, 0.6) is 0 Å². The van der Waals surface area contributed by atoms with Crippen LogP contribution in [-0.2, 0) is 17.9 Å². The van der Waals surface area contributed by atoms with Crippen LogP contribution in [0.1, 0.15) is 11.3 Å². The van der Waals surface area contributed by atoms with Crippen molar-refractivity contribution in [3.05, 3.63) is 68.9 Å². The molecular weight excluding hydrogens is 379 g/mol. The number of hydrogen-bond acceptors (Lipinski definition) is 5. The van der Waals surface area contributed by atoms with Gasteiger partial charge in [0.25, 0.3) is 0 Å². The van der Waals surface area contributed by atoms with Crippen molar-refractivity contribution in [2.75, 3.05) is 5.32 Å². The normalized spacial score (nSPS) is 10.8. The minimum atomic E-state index is -0.619. The predicted molar refractivity (Wildman–Crippen MR) is 95.0 cm³/mol. The first-order chi connectivity index (χ1) is 12.8. The number of aryl methyl sites for hydroxylation is 1. The Labute approximate surface area is 157 Å². The monoisotopic (exact) mass is 392 g/mol. The molecule has 0 unspecified atom stereocenters. The van der Waals surface area contributed by atoms with Gasteiger partial charge in [-0.25, -0.2) is 4.39 Å². The number of nitro groups is 1. The van der Waals surface area contributed by atoms with Crippen LogP contribution in [0.2, 0.25) is 5.02 Å². The average Bonchev–Trinajstić information content (AvgIpc) is 3.17. The number of amides is 1. The van der Waals surface area contributed by atoms with E-state index >= 15 is 0 Å². The molecule has 1 aromatic carbocycles. The quantitative estimate of drug-likeness (QED) is 0.512. The summed E-state index contributed by atoms with van der Waals surface area (Å²) in [4.78, 5) is 22.2. The van der Waals surface area contributed by atoms with Gasteiger partial charge in [-0.2, -0.15) is 9.78 Å². The van der Waals surface area contributed by atoms with Crippen molar-refractivity contribution in [2.45, 2.75) is 20.0 Å². The van der Waals surface area contributed by atoms with Crippen molar-refractivity contribution < 1.29 is 14.1 Å². The third-order valence-corrected chi connectivity index (χ3v) is 4.07. The van der Waals surface area contributed by atoms with Crippen LogP contribution >= 0.6 is 11.6 Å². The number of nitrogens with zero attached hydrogens (tertiary/aromatic N) is 5. The molecule has 2 aromatic heterocycles. The summed E-state index contributed by atoms with van der Waals surface area (Å²) in [7, 11) is 0. The van der Waals surface area contributed by atoms with Gasteiger partial charge >= 0.3 is 5.82 Å². The van der Waals surface area contributed by atoms with E-state index in [9.17, 15) is 19.3 Å². The first-order valence-corrected chi connectivity index (χ1v) is 8.14. The molecule has 0 bridgehead atoms. The van der Waals surface area contributed by atoms with Gasteiger partial charge < -0.3 is 15.4 Å². The molecule has 3 aromatic rings. The van der Waals surface area contributed by atoms with Crippen molar-refractivity contribution in [3.8, 4) is 0 Å². The number of halogens is 2. The van der Waals surface area contributed by atoms with Crippen LogP contribution in [-0.4, -0.2) is 30.4 Å². The Bertz CT molecular complexity index is 1020. The lowest BCUT2D eigenvalue weighted by atomic mass is 10.2. The van der Waals surface area contributed by atoms with Crippen LogP contribution in [0.25, 0.3) is 0 Å². The highest BCUT2D eigenvalue weighted by Crippen LogP contribution is 2.19. The number of hydrogen-bond donors (Lipinski definition) is 1. The molecule has 0 spiro atoms. The highest BCUT2D eigenvalue weighted by molar-refractivity contribution is 6.31. The van der Waals surface area contributed by atoms with E-state index in [1.807, 2.05) is 0 Å². The van der Waals surface area contributed by atoms with Gasteiger partial charge in [0, 0.05) is 11.2 Å². The maximum absolute atomic E-state index is 13.1. The van der Waals surface area contributed by atoms with Gasteiger partial charge in [0.2, 0.25) is 5.91 Å². The van der Waals surface area contributed by atoms with Crippen LogP contribution in [0.3, 0.4) is 0 Å². The standard InChI is InChI=1S/C16H14ClFN6O3/c1-10-4-15(24(26)27)21-23(10)9-16(25)20-13-6-19-22(8-13)7-11-2-3-12(18)5-14(11)17/h2-6,8H,7,9H2,1H3,(H,20,25). The Balaban J connectivity index is 1.63. The summed E-state index contributed by atoms with van der Waals surface area (Å²) in [6.07, 6.45) is 3.05. The molecule has 11 heteroatoms. The molecule has 0 aliphatic heterocycles. The fourth-order valence-corrected chi connectivity index (χ4v) is 2.64. The zero-order chi connectivity index (χ0) is 19.6. The van der Waals surface area contributed by atoms with Crippen molar-refractivity contribution >= 4 is 29.0 Å². The largest absolute Gasteiger partial charge is 0.390 e. The minimum absolute atomic E-state index is 0.172. The number of carbonyl (C=O) groups is 1. The van der Waals surface area contributed by atoms with Gasteiger partial charge in [-0.1, -0.05) is 17.7 Å². The van der Waals surface area contributed by atoms with Gasteiger partial charge in [0.1, 0.15) is 12.4 Å². The van der Waals surface area contributed by atoms with Gasteiger partial charge in [0.05, 0.1) is 35.3 Å². The van der Waals surface area contributed by atoms with Gasteiger partial charge in [-0.15, -0.1) is 0 Å². The summed E-state index contributed by atoms with van der Waals surface area (Å²) in [5, 5.41) is 21.5. The van der Waals surface area contributed by atoms with Crippen LogP contribution in [0, 0.1) is 22.9 Å². The molecule has 3 rings (SSSR count). The van der Waals surface area contributed by atoms with Crippen molar-refractivity contribution in [1.82, 2.24) is 19.6 Å². The van der Waals surface area contributed by atoms with E-state index in [0.29, 0.717) is 23.5 Å². The van der Waals surface area contributed by atoms with E-state index in [-0.39, 0.29) is 17.4 Å². The maximum Gasteiger partial charge on any atom is 0.390 e. The first kappa shape index (κ1) is 18.5.